The summed E-state index contributed by atoms with van der Waals surface area (Å²) >= 11 is 0. The lowest BCUT2D eigenvalue weighted by atomic mass is 9.88. The topological polar surface area (TPSA) is 38.5 Å². The molecule has 0 aromatic carbocycles. The molecule has 1 atom stereocenters. The van der Waals surface area contributed by atoms with E-state index in [1.54, 1.807) is 0 Å². The summed E-state index contributed by atoms with van der Waals surface area (Å²) in [6.07, 6.45) is 5.96. The molecule has 108 valence electrons. The van der Waals surface area contributed by atoms with Crippen molar-refractivity contribution >= 4 is 0 Å². The maximum Gasteiger partial charge on any atom is 0.0637 e. The summed E-state index contributed by atoms with van der Waals surface area (Å²) in [7, 11) is 1.81. The van der Waals surface area contributed by atoms with Crippen LogP contribution in [-0.2, 0) is 4.74 Å². The molecule has 1 unspecified atom stereocenters. The minimum atomic E-state index is -0.0299. The zero-order valence-corrected chi connectivity index (χ0v) is 12.9. The van der Waals surface area contributed by atoms with Crippen molar-refractivity contribution in [2.24, 2.45) is 5.73 Å². The lowest BCUT2D eigenvalue weighted by Gasteiger charge is -2.41. The molecular formula is C15H32N2O. The Kier molecular flexibility index (Phi) is 6.09. The first-order valence-corrected chi connectivity index (χ1v) is 7.46. The summed E-state index contributed by atoms with van der Waals surface area (Å²) in [6, 6.07) is 1.73. The van der Waals surface area contributed by atoms with Crippen molar-refractivity contribution < 1.29 is 4.74 Å². The SMILES string of the molecule is CCN(C(C)CC(C)(C)OC)C1CCC(N)CC1. The van der Waals surface area contributed by atoms with Gasteiger partial charge < -0.3 is 10.5 Å². The molecule has 0 spiro atoms. The normalized spacial score (nSPS) is 27.5. The molecule has 0 amide bonds. The van der Waals surface area contributed by atoms with Gasteiger partial charge in [-0.25, -0.2) is 0 Å². The van der Waals surface area contributed by atoms with Crippen LogP contribution in [0.3, 0.4) is 0 Å². The number of hydrogen-bond acceptors (Lipinski definition) is 3. The molecule has 18 heavy (non-hydrogen) atoms. The highest BCUT2D eigenvalue weighted by Crippen LogP contribution is 2.27. The summed E-state index contributed by atoms with van der Waals surface area (Å²) in [6.45, 7) is 10.1. The number of hydrogen-bond donors (Lipinski definition) is 1. The second kappa shape index (κ2) is 6.88. The van der Waals surface area contributed by atoms with E-state index in [4.69, 9.17) is 10.5 Å². The molecule has 0 aromatic rings. The van der Waals surface area contributed by atoms with Crippen LogP contribution in [0, 0.1) is 0 Å². The van der Waals surface area contributed by atoms with Crippen molar-refractivity contribution in [1.82, 2.24) is 4.90 Å². The van der Waals surface area contributed by atoms with Crippen molar-refractivity contribution in [3.8, 4) is 0 Å². The maximum atomic E-state index is 6.00. The first kappa shape index (κ1) is 15.9. The van der Waals surface area contributed by atoms with Gasteiger partial charge in [-0.3, -0.25) is 4.90 Å². The van der Waals surface area contributed by atoms with E-state index < -0.39 is 0 Å². The van der Waals surface area contributed by atoms with E-state index in [0.717, 1.165) is 19.0 Å². The van der Waals surface area contributed by atoms with Crippen molar-refractivity contribution in [1.29, 1.82) is 0 Å². The zero-order valence-electron chi connectivity index (χ0n) is 12.9. The standard InChI is InChI=1S/C15H32N2O/c1-6-17(12(2)11-15(3,4)18-5)14-9-7-13(16)8-10-14/h12-14H,6-11,16H2,1-5H3. The van der Waals surface area contributed by atoms with Crippen LogP contribution in [-0.4, -0.2) is 42.3 Å². The second-order valence-corrected chi connectivity index (χ2v) is 6.42. The highest BCUT2D eigenvalue weighted by Gasteiger charge is 2.29. The van der Waals surface area contributed by atoms with E-state index in [1.807, 2.05) is 7.11 Å². The van der Waals surface area contributed by atoms with Gasteiger partial charge in [-0.05, 0) is 59.4 Å². The van der Waals surface area contributed by atoms with Gasteiger partial charge in [0, 0.05) is 25.2 Å². The summed E-state index contributed by atoms with van der Waals surface area (Å²) < 4.78 is 5.56. The van der Waals surface area contributed by atoms with E-state index in [1.165, 1.54) is 25.7 Å². The molecule has 1 aliphatic rings. The van der Waals surface area contributed by atoms with Crippen LogP contribution in [0.4, 0.5) is 0 Å². The quantitative estimate of drug-likeness (QED) is 0.794. The molecule has 2 N–H and O–H groups in total. The van der Waals surface area contributed by atoms with E-state index in [0.29, 0.717) is 12.1 Å². The zero-order chi connectivity index (χ0) is 13.8. The number of methoxy groups -OCH3 is 1. The molecule has 0 aliphatic heterocycles. The fourth-order valence-electron chi connectivity index (χ4n) is 3.28. The predicted octanol–water partition coefficient (Wildman–Crippen LogP) is 2.78. The van der Waals surface area contributed by atoms with Gasteiger partial charge in [0.05, 0.1) is 5.60 Å². The number of ether oxygens (including phenoxy) is 1. The van der Waals surface area contributed by atoms with Gasteiger partial charge >= 0.3 is 0 Å². The van der Waals surface area contributed by atoms with Gasteiger partial charge in [-0.15, -0.1) is 0 Å². The molecule has 0 saturated heterocycles. The van der Waals surface area contributed by atoms with Crippen LogP contribution in [0.2, 0.25) is 0 Å². The molecule has 3 heteroatoms. The fourth-order valence-corrected chi connectivity index (χ4v) is 3.28. The summed E-state index contributed by atoms with van der Waals surface area (Å²) in [4.78, 5) is 2.65. The maximum absolute atomic E-state index is 6.00. The van der Waals surface area contributed by atoms with Crippen LogP contribution in [0.5, 0.6) is 0 Å². The first-order chi connectivity index (χ1) is 8.39. The Morgan fingerprint density at radius 2 is 1.83 bits per heavy atom. The van der Waals surface area contributed by atoms with Gasteiger partial charge in [0.15, 0.2) is 0 Å². The van der Waals surface area contributed by atoms with E-state index >= 15 is 0 Å². The summed E-state index contributed by atoms with van der Waals surface area (Å²) in [5.41, 5.74) is 5.97. The minimum absolute atomic E-state index is 0.0299. The monoisotopic (exact) mass is 256 g/mol. The Morgan fingerprint density at radius 3 is 2.28 bits per heavy atom. The molecule has 1 aliphatic carbocycles. The number of nitrogens with zero attached hydrogens (tertiary/aromatic N) is 1. The second-order valence-electron chi connectivity index (χ2n) is 6.42. The summed E-state index contributed by atoms with van der Waals surface area (Å²) in [5, 5.41) is 0. The van der Waals surface area contributed by atoms with Crippen LogP contribution >= 0.6 is 0 Å². The van der Waals surface area contributed by atoms with Crippen molar-refractivity contribution in [2.45, 2.75) is 83.5 Å². The molecule has 1 saturated carbocycles. The lowest BCUT2D eigenvalue weighted by Crippen LogP contribution is -2.47. The van der Waals surface area contributed by atoms with Gasteiger partial charge in [-0.2, -0.15) is 0 Å². The minimum Gasteiger partial charge on any atom is -0.379 e. The molecule has 1 fully saturated rings. The molecular weight excluding hydrogens is 224 g/mol. The smallest absolute Gasteiger partial charge is 0.0637 e. The Morgan fingerprint density at radius 1 is 1.28 bits per heavy atom. The van der Waals surface area contributed by atoms with Gasteiger partial charge in [0.1, 0.15) is 0 Å². The number of rotatable bonds is 6. The summed E-state index contributed by atoms with van der Waals surface area (Å²) in [5.74, 6) is 0. The van der Waals surface area contributed by atoms with Crippen molar-refractivity contribution in [3.05, 3.63) is 0 Å². The Balaban J connectivity index is 2.54. The number of nitrogens with two attached hydrogens (primary N) is 1. The third-order valence-corrected chi connectivity index (χ3v) is 4.48. The largest absolute Gasteiger partial charge is 0.379 e. The van der Waals surface area contributed by atoms with E-state index in [9.17, 15) is 0 Å². The molecule has 1 rings (SSSR count). The van der Waals surface area contributed by atoms with Crippen molar-refractivity contribution in [2.75, 3.05) is 13.7 Å². The molecule has 3 nitrogen and oxygen atoms in total. The molecule has 0 radical (unpaired) electrons. The van der Waals surface area contributed by atoms with Gasteiger partial charge in [0.25, 0.3) is 0 Å². The predicted molar refractivity (Wildman–Crippen MR) is 77.8 cm³/mol. The molecule has 0 heterocycles. The highest BCUT2D eigenvalue weighted by molar-refractivity contribution is 4.85. The first-order valence-electron chi connectivity index (χ1n) is 7.46. The van der Waals surface area contributed by atoms with Crippen LogP contribution in [0.1, 0.15) is 59.8 Å². The molecule has 0 bridgehead atoms. The molecule has 0 aromatic heterocycles. The van der Waals surface area contributed by atoms with Crippen LogP contribution < -0.4 is 5.73 Å². The Bertz CT molecular complexity index is 235. The fraction of sp³-hybridized carbons (Fsp3) is 1.00. The van der Waals surface area contributed by atoms with Crippen molar-refractivity contribution in [3.63, 3.8) is 0 Å². The highest BCUT2D eigenvalue weighted by atomic mass is 16.5. The average molecular weight is 256 g/mol. The Labute approximate surface area is 113 Å². The average Bonchev–Trinajstić information content (AvgIpc) is 2.32. The van der Waals surface area contributed by atoms with E-state index in [2.05, 4.69) is 32.6 Å². The lowest BCUT2D eigenvalue weighted by molar-refractivity contribution is -0.0147. The van der Waals surface area contributed by atoms with Gasteiger partial charge in [0.2, 0.25) is 0 Å². The third kappa shape index (κ3) is 4.52. The Hall–Kier alpha value is -0.120. The van der Waals surface area contributed by atoms with Crippen LogP contribution in [0.25, 0.3) is 0 Å². The third-order valence-electron chi connectivity index (χ3n) is 4.48. The van der Waals surface area contributed by atoms with Crippen LogP contribution in [0.15, 0.2) is 0 Å². The van der Waals surface area contributed by atoms with Gasteiger partial charge in [-0.1, -0.05) is 6.92 Å². The van der Waals surface area contributed by atoms with E-state index in [-0.39, 0.29) is 5.60 Å².